The van der Waals surface area contributed by atoms with E-state index in [4.69, 9.17) is 15.7 Å². The van der Waals surface area contributed by atoms with Gasteiger partial charge in [0.15, 0.2) is 5.82 Å². The summed E-state index contributed by atoms with van der Waals surface area (Å²) in [6.45, 7) is 21.0. The minimum Gasteiger partial charge on any atom is -0.374 e. The normalized spacial score (nSPS) is 17.2. The molecule has 362 valence electrons. The summed E-state index contributed by atoms with van der Waals surface area (Å²) in [6, 6.07) is 31.7. The molecule has 0 spiro atoms. The van der Waals surface area contributed by atoms with Crippen molar-refractivity contribution in [2.75, 3.05) is 69.7 Å². The summed E-state index contributed by atoms with van der Waals surface area (Å²) >= 11 is 0. The number of anilines is 2. The molecule has 0 bridgehead atoms. The summed E-state index contributed by atoms with van der Waals surface area (Å²) in [7, 11) is 0. The van der Waals surface area contributed by atoms with E-state index in [9.17, 15) is 0 Å². The number of likely N-dealkylation sites (tertiary alicyclic amines) is 3. The zero-order chi connectivity index (χ0) is 47.6. The van der Waals surface area contributed by atoms with Gasteiger partial charge in [-0.2, -0.15) is 0 Å². The first kappa shape index (κ1) is 48.3. The Labute approximate surface area is 410 Å². The minimum atomic E-state index is -0.271. The number of hydrogen-bond acceptors (Lipinski definition) is 10. The Morgan fingerprint density at radius 2 is 1.45 bits per heavy atom. The lowest BCUT2D eigenvalue weighted by atomic mass is 9.97. The number of aryl methyl sites for hydroxylation is 2. The first-order valence-electron chi connectivity index (χ1n) is 25.7. The molecule has 3 fully saturated rings. The zero-order valence-corrected chi connectivity index (χ0v) is 41.5. The lowest BCUT2D eigenvalue weighted by Gasteiger charge is -2.41. The number of nitrogens with one attached hydrogen (secondary N) is 4. The fourth-order valence-electron chi connectivity index (χ4n) is 10.5. The number of nitrogens with zero attached hydrogens (tertiary/aromatic N) is 7. The van der Waals surface area contributed by atoms with Crippen molar-refractivity contribution in [1.82, 2.24) is 44.4 Å². The summed E-state index contributed by atoms with van der Waals surface area (Å²) in [5.41, 5.74) is 16.1. The predicted octanol–water partition coefficient (Wildman–Crippen LogP) is 7.78. The van der Waals surface area contributed by atoms with Crippen LogP contribution in [0.2, 0.25) is 0 Å². The molecule has 69 heavy (non-hydrogen) atoms. The summed E-state index contributed by atoms with van der Waals surface area (Å²) in [5.74, 6) is 14.3. The molecule has 6 heterocycles. The van der Waals surface area contributed by atoms with Gasteiger partial charge in [0.05, 0.1) is 52.9 Å². The van der Waals surface area contributed by atoms with Crippen LogP contribution in [0.15, 0.2) is 91.1 Å². The van der Waals surface area contributed by atoms with Gasteiger partial charge in [-0.25, -0.2) is 4.98 Å². The highest BCUT2D eigenvalue weighted by atomic mass is 15.3. The highest BCUT2D eigenvalue weighted by Gasteiger charge is 2.28. The van der Waals surface area contributed by atoms with Crippen molar-refractivity contribution < 1.29 is 0 Å². The lowest BCUT2D eigenvalue weighted by Crippen LogP contribution is -2.49. The standard InChI is InChI=1S/C57H74N12/c1-5-68-50(38-51-44(13-10-17-53(51)68)41-65-33-27-49(28-34-65)67-35-23-45(58)24-36-67)16-11-29-60-48-20-22-55(62-40-48)57(3,4)63-42-66-31-25-47(26-32-66)61-39-43-19-21-54-52(37-43)64-56(69(54)6-2)18-12-30-59-46-14-8-7-9-15-46/h7-10,13-15,17,19-22,37-38,40,45,47,49,59-61,63H,5-6,23-36,39,41-42,58H2,1-4H3. The quantitative estimate of drug-likeness (QED) is 0.0617. The molecule has 0 atom stereocenters. The monoisotopic (exact) mass is 927 g/mol. The Morgan fingerprint density at radius 3 is 2.19 bits per heavy atom. The van der Waals surface area contributed by atoms with Crippen LogP contribution in [0.4, 0.5) is 11.4 Å². The molecule has 6 N–H and O–H groups in total. The lowest BCUT2D eigenvalue weighted by molar-refractivity contribution is 0.0853. The van der Waals surface area contributed by atoms with E-state index in [-0.39, 0.29) is 5.54 Å². The number of rotatable bonds is 16. The first-order valence-corrected chi connectivity index (χ1v) is 25.7. The van der Waals surface area contributed by atoms with Gasteiger partial charge in [-0.05, 0) is 164 Å². The van der Waals surface area contributed by atoms with Gasteiger partial charge in [-0.1, -0.05) is 48.2 Å². The van der Waals surface area contributed by atoms with Crippen molar-refractivity contribution in [2.45, 2.75) is 116 Å². The van der Waals surface area contributed by atoms with Crippen LogP contribution in [-0.4, -0.2) is 111 Å². The highest BCUT2D eigenvalue weighted by Crippen LogP contribution is 2.28. The summed E-state index contributed by atoms with van der Waals surface area (Å²) in [4.78, 5) is 17.7. The molecule has 0 aliphatic carbocycles. The van der Waals surface area contributed by atoms with E-state index in [0.717, 1.165) is 137 Å². The van der Waals surface area contributed by atoms with Crippen LogP contribution in [0, 0.1) is 23.7 Å². The van der Waals surface area contributed by atoms with E-state index < -0.39 is 0 Å². The summed E-state index contributed by atoms with van der Waals surface area (Å²) in [6.07, 6.45) is 8.94. The van der Waals surface area contributed by atoms with E-state index >= 15 is 0 Å². The van der Waals surface area contributed by atoms with Gasteiger partial charge in [-0.3, -0.25) is 20.1 Å². The maximum absolute atomic E-state index is 6.18. The molecule has 3 aromatic heterocycles. The fourth-order valence-corrected chi connectivity index (χ4v) is 10.5. The third-order valence-corrected chi connectivity index (χ3v) is 14.8. The van der Waals surface area contributed by atoms with Crippen LogP contribution >= 0.6 is 0 Å². The number of fused-ring (bicyclic) bond motifs is 2. The van der Waals surface area contributed by atoms with Gasteiger partial charge in [0.1, 0.15) is 0 Å². The molecule has 0 unspecified atom stereocenters. The number of imidazole rings is 1. The van der Waals surface area contributed by atoms with Crippen LogP contribution in [0.25, 0.3) is 21.9 Å². The van der Waals surface area contributed by atoms with Gasteiger partial charge in [0.2, 0.25) is 0 Å². The Hall–Kier alpha value is -5.70. The predicted molar refractivity (Wildman–Crippen MR) is 284 cm³/mol. The Morgan fingerprint density at radius 1 is 0.710 bits per heavy atom. The van der Waals surface area contributed by atoms with Gasteiger partial charge in [0, 0.05) is 80.7 Å². The van der Waals surface area contributed by atoms with E-state index in [1.807, 2.05) is 24.4 Å². The topological polar surface area (TPSA) is 119 Å². The largest absolute Gasteiger partial charge is 0.374 e. The molecular weight excluding hydrogens is 853 g/mol. The van der Waals surface area contributed by atoms with Crippen LogP contribution in [0.1, 0.15) is 94.6 Å². The number of pyridine rings is 1. The maximum Gasteiger partial charge on any atom is 0.186 e. The number of aromatic nitrogens is 4. The molecule has 0 amide bonds. The fraction of sp³-hybridized carbons (Fsp3) is 0.474. The number of benzene rings is 3. The Kier molecular flexibility index (Phi) is 16.0. The second-order valence-electron chi connectivity index (χ2n) is 19.8. The third-order valence-electron chi connectivity index (χ3n) is 14.8. The van der Waals surface area contributed by atoms with Crippen molar-refractivity contribution in [1.29, 1.82) is 0 Å². The number of piperidine rings is 3. The molecule has 9 rings (SSSR count). The molecule has 3 aromatic carbocycles. The smallest absolute Gasteiger partial charge is 0.186 e. The zero-order valence-electron chi connectivity index (χ0n) is 41.5. The van der Waals surface area contributed by atoms with Gasteiger partial charge in [0.25, 0.3) is 0 Å². The van der Waals surface area contributed by atoms with Crippen LogP contribution in [0.3, 0.4) is 0 Å². The van der Waals surface area contributed by atoms with Crippen molar-refractivity contribution in [3.63, 3.8) is 0 Å². The number of nitrogens with two attached hydrogens (primary N) is 1. The molecule has 12 heteroatoms. The van der Waals surface area contributed by atoms with Crippen LogP contribution in [-0.2, 0) is 31.7 Å². The van der Waals surface area contributed by atoms with Crippen molar-refractivity contribution in [3.05, 3.63) is 119 Å². The van der Waals surface area contributed by atoms with E-state index in [2.05, 4.69) is 163 Å². The SMILES string of the molecule is CCn1c(C#CCNc2ccccc2)nc2cc(CNC3CCN(CNC(C)(C)c4ccc(NCC#Cc5cc6c(CN7CCC(N8CCC(N)CC8)CC7)cccc6n5CC)cn4)CC3)ccc21. The molecule has 3 aliphatic rings. The third kappa shape index (κ3) is 12.2. The molecule has 6 aromatic rings. The van der Waals surface area contributed by atoms with Crippen molar-refractivity contribution in [2.24, 2.45) is 5.73 Å². The van der Waals surface area contributed by atoms with Crippen LogP contribution < -0.4 is 27.0 Å². The second-order valence-corrected chi connectivity index (χ2v) is 19.8. The Balaban J connectivity index is 0.702. The first-order chi connectivity index (χ1) is 33.7. The number of para-hydroxylation sites is 1. The Bertz CT molecular complexity index is 2730. The average Bonchev–Trinajstić information content (AvgIpc) is 3.93. The van der Waals surface area contributed by atoms with Gasteiger partial charge >= 0.3 is 0 Å². The maximum atomic E-state index is 6.18. The molecular formula is C57H74N12. The minimum absolute atomic E-state index is 0.271. The highest BCUT2D eigenvalue weighted by molar-refractivity contribution is 5.86. The van der Waals surface area contributed by atoms with E-state index in [0.29, 0.717) is 31.2 Å². The molecule has 12 nitrogen and oxygen atoms in total. The van der Waals surface area contributed by atoms with Gasteiger partial charge < -0.3 is 35.7 Å². The summed E-state index contributed by atoms with van der Waals surface area (Å²) in [5, 5.41) is 15.8. The molecule has 3 saturated heterocycles. The average molecular weight is 927 g/mol. The number of hydrogen-bond donors (Lipinski definition) is 5. The second kappa shape index (κ2) is 22.8. The van der Waals surface area contributed by atoms with Crippen molar-refractivity contribution in [3.8, 4) is 23.7 Å². The van der Waals surface area contributed by atoms with E-state index in [1.165, 1.54) is 34.9 Å². The van der Waals surface area contributed by atoms with E-state index in [1.54, 1.807) is 0 Å². The van der Waals surface area contributed by atoms with Gasteiger partial charge in [-0.15, -0.1) is 0 Å². The summed E-state index contributed by atoms with van der Waals surface area (Å²) < 4.78 is 4.56. The molecule has 0 radical (unpaired) electrons. The molecule has 3 aliphatic heterocycles. The molecule has 0 saturated carbocycles. The van der Waals surface area contributed by atoms with Crippen LogP contribution in [0.5, 0.6) is 0 Å². The van der Waals surface area contributed by atoms with Crippen molar-refractivity contribution >= 4 is 33.3 Å².